The van der Waals surface area contributed by atoms with Crippen LogP contribution in [0.15, 0.2) is 0 Å². The minimum Gasteiger partial charge on any atom is -0.328 e. The van der Waals surface area contributed by atoms with Crippen molar-refractivity contribution in [1.29, 1.82) is 5.26 Å². The molecule has 0 bridgehead atoms. The molecule has 0 saturated carbocycles. The van der Waals surface area contributed by atoms with Gasteiger partial charge in [-0.1, -0.05) is 34.1 Å². The van der Waals surface area contributed by atoms with Gasteiger partial charge in [0.05, 0.1) is 12.1 Å². The lowest BCUT2D eigenvalue weighted by molar-refractivity contribution is -0.111. The van der Waals surface area contributed by atoms with Crippen LogP contribution in [0.5, 0.6) is 0 Å². The van der Waals surface area contributed by atoms with Crippen LogP contribution in [-0.4, -0.2) is 23.9 Å². The monoisotopic (exact) mass is 267 g/mol. The molecule has 0 aliphatic rings. The van der Waals surface area contributed by atoms with Gasteiger partial charge in [-0.05, 0) is 25.2 Å². The van der Waals surface area contributed by atoms with Crippen molar-refractivity contribution < 1.29 is 9.59 Å². The first-order valence-electron chi connectivity index (χ1n) is 6.70. The average Bonchev–Trinajstić information content (AvgIpc) is 2.35. The zero-order chi connectivity index (χ0) is 15.1. The van der Waals surface area contributed by atoms with Crippen molar-refractivity contribution in [2.45, 2.75) is 65.5 Å². The molecule has 0 fully saturated rings. The lowest BCUT2D eigenvalue weighted by Gasteiger charge is -2.31. The van der Waals surface area contributed by atoms with Gasteiger partial charge in [0.1, 0.15) is 11.8 Å². The number of aldehydes is 1. The van der Waals surface area contributed by atoms with Crippen molar-refractivity contribution in [2.75, 3.05) is 0 Å². The Morgan fingerprint density at radius 2 is 1.95 bits per heavy atom. The first-order valence-corrected chi connectivity index (χ1v) is 6.70. The molecule has 0 aromatic carbocycles. The van der Waals surface area contributed by atoms with Gasteiger partial charge in [0, 0.05) is 0 Å². The summed E-state index contributed by atoms with van der Waals surface area (Å²) in [6.45, 7) is 9.43. The minimum absolute atomic E-state index is 0.313. The Balaban J connectivity index is 4.69. The molecular weight excluding hydrogens is 242 g/mol. The van der Waals surface area contributed by atoms with Crippen LogP contribution in [0.3, 0.4) is 0 Å². The van der Waals surface area contributed by atoms with E-state index in [-0.39, 0.29) is 5.41 Å². The fourth-order valence-corrected chi connectivity index (χ4v) is 1.71. The highest BCUT2D eigenvalue weighted by Gasteiger charge is 2.31. The van der Waals surface area contributed by atoms with Gasteiger partial charge in [-0.25, -0.2) is 4.79 Å². The Labute approximate surface area is 115 Å². The first-order chi connectivity index (χ1) is 8.74. The summed E-state index contributed by atoms with van der Waals surface area (Å²) < 4.78 is 0. The highest BCUT2D eigenvalue weighted by atomic mass is 16.2. The second-order valence-electron chi connectivity index (χ2n) is 5.75. The van der Waals surface area contributed by atoms with Gasteiger partial charge in [-0.3, -0.25) is 0 Å². The molecule has 2 amide bonds. The number of nitrogens with zero attached hydrogens (tertiary/aromatic N) is 1. The van der Waals surface area contributed by atoms with Crippen LogP contribution in [-0.2, 0) is 4.79 Å². The third-order valence-electron chi connectivity index (χ3n) is 3.56. The van der Waals surface area contributed by atoms with Crippen molar-refractivity contribution >= 4 is 12.3 Å². The lowest BCUT2D eigenvalue weighted by Crippen LogP contribution is -2.55. The van der Waals surface area contributed by atoms with Crippen molar-refractivity contribution in [2.24, 2.45) is 5.41 Å². The summed E-state index contributed by atoms with van der Waals surface area (Å²) in [6, 6.07) is 1.05. The number of urea groups is 1. The highest BCUT2D eigenvalue weighted by molar-refractivity contribution is 5.79. The number of hydrogen-bond donors (Lipinski definition) is 2. The molecule has 2 unspecified atom stereocenters. The standard InChI is InChI=1S/C14H25N3O2/c1-6-8-14(5,10-15)17-12(19)16-11(9-18)13(3,4)7-2/h9,11H,6-8H2,1-5H3,(H2,16,17,19). The van der Waals surface area contributed by atoms with E-state index in [4.69, 9.17) is 5.26 Å². The van der Waals surface area contributed by atoms with Crippen molar-refractivity contribution in [3.63, 3.8) is 0 Å². The maximum absolute atomic E-state index is 11.9. The fraction of sp³-hybridized carbons (Fsp3) is 0.786. The van der Waals surface area contributed by atoms with E-state index in [0.29, 0.717) is 6.42 Å². The van der Waals surface area contributed by atoms with Crippen LogP contribution < -0.4 is 10.6 Å². The molecule has 2 atom stereocenters. The highest BCUT2D eigenvalue weighted by Crippen LogP contribution is 2.23. The molecule has 5 heteroatoms. The van der Waals surface area contributed by atoms with E-state index in [2.05, 4.69) is 16.7 Å². The average molecular weight is 267 g/mol. The van der Waals surface area contributed by atoms with E-state index in [1.165, 1.54) is 0 Å². The Morgan fingerprint density at radius 3 is 2.32 bits per heavy atom. The zero-order valence-electron chi connectivity index (χ0n) is 12.5. The number of nitriles is 1. The van der Waals surface area contributed by atoms with Gasteiger partial charge >= 0.3 is 6.03 Å². The molecule has 5 nitrogen and oxygen atoms in total. The normalized spacial score (nSPS) is 15.8. The number of amides is 2. The minimum atomic E-state index is -0.900. The van der Waals surface area contributed by atoms with E-state index in [1.54, 1.807) is 6.92 Å². The summed E-state index contributed by atoms with van der Waals surface area (Å²) in [5, 5.41) is 14.4. The fourth-order valence-electron chi connectivity index (χ4n) is 1.71. The number of nitrogens with one attached hydrogen (secondary N) is 2. The van der Waals surface area contributed by atoms with E-state index in [9.17, 15) is 9.59 Å². The maximum Gasteiger partial charge on any atom is 0.316 e. The summed E-state index contributed by atoms with van der Waals surface area (Å²) in [5.41, 5.74) is -1.21. The Morgan fingerprint density at radius 1 is 1.37 bits per heavy atom. The molecule has 108 valence electrons. The van der Waals surface area contributed by atoms with Crippen LogP contribution in [0, 0.1) is 16.7 Å². The van der Waals surface area contributed by atoms with Crippen molar-refractivity contribution in [3.05, 3.63) is 0 Å². The molecule has 0 aromatic rings. The van der Waals surface area contributed by atoms with Crippen LogP contribution in [0.2, 0.25) is 0 Å². The van der Waals surface area contributed by atoms with Gasteiger partial charge in [0.25, 0.3) is 0 Å². The molecule has 0 heterocycles. The van der Waals surface area contributed by atoms with E-state index in [0.717, 1.165) is 19.1 Å². The SMILES string of the molecule is CCCC(C)(C#N)NC(=O)NC(C=O)C(C)(C)CC. The molecule has 0 radical (unpaired) electrons. The third kappa shape index (κ3) is 5.29. The molecule has 0 rings (SSSR count). The van der Waals surface area contributed by atoms with Crippen LogP contribution in [0.4, 0.5) is 4.79 Å². The quantitative estimate of drug-likeness (QED) is 0.695. The second-order valence-corrected chi connectivity index (χ2v) is 5.75. The Kier molecular flexibility index (Phi) is 6.54. The predicted molar refractivity (Wildman–Crippen MR) is 74.5 cm³/mol. The summed E-state index contributed by atoms with van der Waals surface area (Å²) in [7, 11) is 0. The van der Waals surface area contributed by atoms with E-state index >= 15 is 0 Å². The van der Waals surface area contributed by atoms with E-state index in [1.807, 2.05) is 27.7 Å². The Hall–Kier alpha value is -1.57. The smallest absolute Gasteiger partial charge is 0.316 e. The molecule has 0 aromatic heterocycles. The molecule has 0 aliphatic carbocycles. The first kappa shape index (κ1) is 17.4. The van der Waals surface area contributed by atoms with Crippen molar-refractivity contribution in [3.8, 4) is 6.07 Å². The summed E-state index contributed by atoms with van der Waals surface area (Å²) in [6.07, 6.45) is 2.87. The molecule has 2 N–H and O–H groups in total. The topological polar surface area (TPSA) is 82.0 Å². The molecule has 0 saturated heterocycles. The van der Waals surface area contributed by atoms with Gasteiger partial charge in [-0.15, -0.1) is 0 Å². The van der Waals surface area contributed by atoms with E-state index < -0.39 is 17.6 Å². The summed E-state index contributed by atoms with van der Waals surface area (Å²) in [5.74, 6) is 0. The number of carbonyl (C=O) groups is 2. The Bertz CT molecular complexity index is 360. The van der Waals surface area contributed by atoms with Crippen LogP contribution in [0.25, 0.3) is 0 Å². The van der Waals surface area contributed by atoms with Crippen LogP contribution >= 0.6 is 0 Å². The summed E-state index contributed by atoms with van der Waals surface area (Å²) >= 11 is 0. The zero-order valence-corrected chi connectivity index (χ0v) is 12.5. The van der Waals surface area contributed by atoms with Crippen molar-refractivity contribution in [1.82, 2.24) is 10.6 Å². The van der Waals surface area contributed by atoms with Crippen LogP contribution in [0.1, 0.15) is 53.9 Å². The van der Waals surface area contributed by atoms with Gasteiger partial charge in [0.15, 0.2) is 0 Å². The lowest BCUT2D eigenvalue weighted by atomic mass is 9.82. The van der Waals surface area contributed by atoms with Gasteiger partial charge in [-0.2, -0.15) is 5.26 Å². The molecule has 0 aliphatic heterocycles. The number of rotatable bonds is 7. The maximum atomic E-state index is 11.9. The van der Waals surface area contributed by atoms with Gasteiger partial charge in [0.2, 0.25) is 0 Å². The molecule has 19 heavy (non-hydrogen) atoms. The molecule has 0 spiro atoms. The third-order valence-corrected chi connectivity index (χ3v) is 3.56. The summed E-state index contributed by atoms with van der Waals surface area (Å²) in [4.78, 5) is 23.0. The predicted octanol–water partition coefficient (Wildman–Crippen LogP) is 2.37. The number of carbonyl (C=O) groups excluding carboxylic acids is 2. The molecular formula is C14H25N3O2. The largest absolute Gasteiger partial charge is 0.328 e. The number of hydrogen-bond acceptors (Lipinski definition) is 3. The second kappa shape index (κ2) is 7.13. The van der Waals surface area contributed by atoms with Gasteiger partial charge < -0.3 is 15.4 Å².